The molecule has 1 saturated heterocycles. The lowest BCUT2D eigenvalue weighted by Gasteiger charge is -2.31. The number of hydrogen-bond acceptors (Lipinski definition) is 6. The smallest absolute Gasteiger partial charge is 0.234 e. The van der Waals surface area contributed by atoms with Gasteiger partial charge in [-0.3, -0.25) is 14.3 Å². The average molecular weight is 480 g/mol. The van der Waals surface area contributed by atoms with Gasteiger partial charge in [0.15, 0.2) is 11.0 Å². The molecule has 7 nitrogen and oxygen atoms in total. The molecule has 2 heterocycles. The van der Waals surface area contributed by atoms with Crippen LogP contribution in [0.4, 0.5) is 5.69 Å². The summed E-state index contributed by atoms with van der Waals surface area (Å²) in [6.45, 7) is 8.38. The third-order valence-corrected chi connectivity index (χ3v) is 7.07. The molecule has 8 heteroatoms. The SMILES string of the molecule is COc1ccc(-n2c(SCC(=O)Nc3cc(C)cc(C)c3)nnc2[C@@H](C)N2CCCCC2)cc1. The number of anilines is 1. The van der Waals surface area contributed by atoms with Crippen LogP contribution in [0.1, 0.15) is 49.2 Å². The molecule has 0 spiro atoms. The van der Waals surface area contributed by atoms with Crippen molar-refractivity contribution in [2.45, 2.75) is 51.2 Å². The van der Waals surface area contributed by atoms with Crippen LogP contribution < -0.4 is 10.1 Å². The van der Waals surface area contributed by atoms with E-state index in [1.165, 1.54) is 31.0 Å². The van der Waals surface area contributed by atoms with E-state index in [1.54, 1.807) is 7.11 Å². The quantitative estimate of drug-likeness (QED) is 0.450. The molecule has 3 aromatic rings. The van der Waals surface area contributed by atoms with Gasteiger partial charge in [0.1, 0.15) is 5.75 Å². The molecule has 0 unspecified atom stereocenters. The third-order valence-electron chi connectivity index (χ3n) is 6.14. The fourth-order valence-corrected chi connectivity index (χ4v) is 5.22. The molecule has 1 fully saturated rings. The highest BCUT2D eigenvalue weighted by Gasteiger charge is 2.26. The fourth-order valence-electron chi connectivity index (χ4n) is 4.46. The number of piperidine rings is 1. The van der Waals surface area contributed by atoms with Crippen LogP contribution in [0.2, 0.25) is 0 Å². The number of amides is 1. The second-order valence-electron chi connectivity index (χ2n) is 8.86. The average Bonchev–Trinajstić information content (AvgIpc) is 3.26. The van der Waals surface area contributed by atoms with Crippen LogP contribution in [0.15, 0.2) is 47.6 Å². The summed E-state index contributed by atoms with van der Waals surface area (Å²) in [4.78, 5) is 15.2. The lowest BCUT2D eigenvalue weighted by molar-refractivity contribution is -0.113. The Morgan fingerprint density at radius 3 is 2.38 bits per heavy atom. The second-order valence-corrected chi connectivity index (χ2v) is 9.80. The molecule has 1 N–H and O–H groups in total. The van der Waals surface area contributed by atoms with E-state index in [0.29, 0.717) is 5.16 Å². The summed E-state index contributed by atoms with van der Waals surface area (Å²) >= 11 is 1.40. The van der Waals surface area contributed by atoms with Gasteiger partial charge in [-0.1, -0.05) is 24.2 Å². The van der Waals surface area contributed by atoms with Gasteiger partial charge in [-0.2, -0.15) is 0 Å². The standard InChI is InChI=1S/C26H33N5O2S/c1-18-14-19(2)16-21(15-18)27-24(32)17-34-26-29-28-25(20(3)30-12-6-5-7-13-30)31(26)22-8-10-23(33-4)11-9-22/h8-11,14-16,20H,5-7,12-13,17H2,1-4H3,(H,27,32)/t20-/m1/s1. The molecule has 180 valence electrons. The first kappa shape index (κ1) is 24.3. The number of likely N-dealkylation sites (tertiary alicyclic amines) is 1. The molecule has 0 aliphatic carbocycles. The molecule has 1 aliphatic heterocycles. The summed E-state index contributed by atoms with van der Waals surface area (Å²) in [6, 6.07) is 14.1. The van der Waals surface area contributed by atoms with E-state index in [4.69, 9.17) is 4.74 Å². The van der Waals surface area contributed by atoms with E-state index in [9.17, 15) is 4.79 Å². The van der Waals surface area contributed by atoms with Crippen molar-refractivity contribution in [2.75, 3.05) is 31.3 Å². The molecule has 0 saturated carbocycles. The van der Waals surface area contributed by atoms with Crippen LogP contribution in [0.3, 0.4) is 0 Å². The molecule has 1 atom stereocenters. The molecule has 34 heavy (non-hydrogen) atoms. The van der Waals surface area contributed by atoms with Gasteiger partial charge in [0.05, 0.1) is 18.9 Å². The maximum atomic E-state index is 12.7. The number of thioether (sulfide) groups is 1. The largest absolute Gasteiger partial charge is 0.497 e. The minimum Gasteiger partial charge on any atom is -0.497 e. The zero-order chi connectivity index (χ0) is 24.1. The Kier molecular flexibility index (Phi) is 7.90. The van der Waals surface area contributed by atoms with Crippen molar-refractivity contribution >= 4 is 23.4 Å². The van der Waals surface area contributed by atoms with E-state index >= 15 is 0 Å². The summed E-state index contributed by atoms with van der Waals surface area (Å²) in [5.74, 6) is 1.87. The number of aromatic nitrogens is 3. The van der Waals surface area contributed by atoms with Gasteiger partial charge in [-0.25, -0.2) is 0 Å². The number of carbonyl (C=O) groups is 1. The number of aryl methyl sites for hydroxylation is 2. The van der Waals surface area contributed by atoms with Gasteiger partial charge in [-0.15, -0.1) is 10.2 Å². The first-order valence-corrected chi connectivity index (χ1v) is 12.8. The van der Waals surface area contributed by atoms with Crippen molar-refractivity contribution in [1.82, 2.24) is 19.7 Å². The number of carbonyl (C=O) groups excluding carboxylic acids is 1. The lowest BCUT2D eigenvalue weighted by Crippen LogP contribution is -2.33. The Balaban J connectivity index is 1.55. The topological polar surface area (TPSA) is 72.3 Å². The van der Waals surface area contributed by atoms with Crippen molar-refractivity contribution in [2.24, 2.45) is 0 Å². The number of ether oxygens (including phenoxy) is 1. The minimum atomic E-state index is -0.0649. The zero-order valence-electron chi connectivity index (χ0n) is 20.4. The summed E-state index contributed by atoms with van der Waals surface area (Å²) in [5.41, 5.74) is 4.03. The molecular weight excluding hydrogens is 446 g/mol. The number of nitrogens with zero attached hydrogens (tertiary/aromatic N) is 4. The van der Waals surface area contributed by atoms with Crippen molar-refractivity contribution in [3.63, 3.8) is 0 Å². The van der Waals surface area contributed by atoms with Crippen molar-refractivity contribution in [3.8, 4) is 11.4 Å². The third kappa shape index (κ3) is 5.80. The van der Waals surface area contributed by atoms with Crippen molar-refractivity contribution in [3.05, 3.63) is 59.4 Å². The molecule has 2 aromatic carbocycles. The van der Waals surface area contributed by atoms with Crippen LogP contribution in [0.5, 0.6) is 5.75 Å². The Labute approximate surface area is 205 Å². The highest BCUT2D eigenvalue weighted by atomic mass is 32.2. The summed E-state index contributed by atoms with van der Waals surface area (Å²) in [7, 11) is 1.66. The number of methoxy groups -OCH3 is 1. The number of benzene rings is 2. The van der Waals surface area contributed by atoms with Gasteiger partial charge in [0.25, 0.3) is 0 Å². The second kappa shape index (κ2) is 11.1. The first-order chi connectivity index (χ1) is 16.4. The predicted octanol–water partition coefficient (Wildman–Crippen LogP) is 5.17. The van der Waals surface area contributed by atoms with Crippen molar-refractivity contribution in [1.29, 1.82) is 0 Å². The van der Waals surface area contributed by atoms with E-state index in [1.807, 2.05) is 50.2 Å². The van der Waals surface area contributed by atoms with Crippen LogP contribution in [0.25, 0.3) is 5.69 Å². The molecular formula is C26H33N5O2S. The van der Waals surface area contributed by atoms with Gasteiger partial charge >= 0.3 is 0 Å². The molecule has 1 aromatic heterocycles. The van der Waals surface area contributed by atoms with Crippen LogP contribution in [0, 0.1) is 13.8 Å². The zero-order valence-corrected chi connectivity index (χ0v) is 21.2. The highest BCUT2D eigenvalue weighted by Crippen LogP contribution is 2.30. The van der Waals surface area contributed by atoms with Gasteiger partial charge in [0.2, 0.25) is 5.91 Å². The van der Waals surface area contributed by atoms with E-state index in [2.05, 4.69) is 38.0 Å². The summed E-state index contributed by atoms with van der Waals surface area (Å²) < 4.78 is 7.41. The summed E-state index contributed by atoms with van der Waals surface area (Å²) in [6.07, 6.45) is 3.70. The monoisotopic (exact) mass is 479 g/mol. The predicted molar refractivity (Wildman–Crippen MR) is 137 cm³/mol. The molecule has 1 aliphatic rings. The van der Waals surface area contributed by atoms with E-state index in [0.717, 1.165) is 47.2 Å². The summed E-state index contributed by atoms with van der Waals surface area (Å²) in [5, 5.41) is 12.8. The number of nitrogens with one attached hydrogen (secondary N) is 1. The van der Waals surface area contributed by atoms with Crippen LogP contribution >= 0.6 is 11.8 Å². The Morgan fingerprint density at radius 2 is 1.74 bits per heavy atom. The van der Waals surface area contributed by atoms with Crippen LogP contribution in [-0.4, -0.2) is 51.5 Å². The lowest BCUT2D eigenvalue weighted by atomic mass is 10.1. The molecule has 1 amide bonds. The minimum absolute atomic E-state index is 0.0649. The van der Waals surface area contributed by atoms with E-state index < -0.39 is 0 Å². The van der Waals surface area contributed by atoms with Crippen molar-refractivity contribution < 1.29 is 9.53 Å². The Morgan fingerprint density at radius 1 is 1.06 bits per heavy atom. The number of rotatable bonds is 8. The first-order valence-electron chi connectivity index (χ1n) is 11.8. The number of hydrogen-bond donors (Lipinski definition) is 1. The molecule has 0 radical (unpaired) electrons. The normalized spacial score (nSPS) is 15.2. The van der Waals surface area contributed by atoms with Gasteiger partial charge in [0, 0.05) is 11.4 Å². The maximum Gasteiger partial charge on any atom is 0.234 e. The van der Waals surface area contributed by atoms with E-state index in [-0.39, 0.29) is 17.7 Å². The molecule has 4 rings (SSSR count). The maximum absolute atomic E-state index is 12.7. The van der Waals surface area contributed by atoms with Gasteiger partial charge in [-0.05, 0) is 94.2 Å². The van der Waals surface area contributed by atoms with Gasteiger partial charge < -0.3 is 10.1 Å². The highest BCUT2D eigenvalue weighted by molar-refractivity contribution is 7.99. The van der Waals surface area contributed by atoms with Crippen LogP contribution in [-0.2, 0) is 4.79 Å². The fraction of sp³-hybridized carbons (Fsp3) is 0.423. The molecule has 0 bridgehead atoms. The Hall–Kier alpha value is -2.84. The Bertz CT molecular complexity index is 1100.